The summed E-state index contributed by atoms with van der Waals surface area (Å²) in [6.45, 7) is 6.02. The molecule has 2 heterocycles. The summed E-state index contributed by atoms with van der Waals surface area (Å²) in [5, 5.41) is 2.21. The lowest BCUT2D eigenvalue weighted by Crippen LogP contribution is -2.54. The average molecular weight is 346 g/mol. The summed E-state index contributed by atoms with van der Waals surface area (Å²) in [6.07, 6.45) is -0.718. The first-order chi connectivity index (χ1) is 10.5. The van der Waals surface area contributed by atoms with Crippen molar-refractivity contribution < 1.29 is 14.3 Å². The Bertz CT molecular complexity index is 529. The predicted molar refractivity (Wildman–Crippen MR) is 86.2 cm³/mol. The Hall–Kier alpha value is -1.15. The molecule has 1 aromatic heterocycles. The third-order valence-corrected chi connectivity index (χ3v) is 4.97. The quantitative estimate of drug-likeness (QED) is 0.901. The molecule has 0 spiro atoms. The largest absolute Gasteiger partial charge is 0.453 e. The number of carbonyl (C=O) groups is 2. The molecule has 1 aromatic rings. The maximum atomic E-state index is 11.9. The van der Waals surface area contributed by atoms with Crippen LogP contribution in [0.4, 0.5) is 4.79 Å². The van der Waals surface area contributed by atoms with E-state index in [4.69, 9.17) is 11.6 Å². The third kappa shape index (κ3) is 4.67. The summed E-state index contributed by atoms with van der Waals surface area (Å²) in [6, 6.07) is 3.61. The number of methoxy groups -OCH3 is 1. The molecule has 0 bridgehead atoms. The molecule has 0 unspecified atom stereocenters. The molecule has 1 aliphatic heterocycles. The fourth-order valence-electron chi connectivity index (χ4n) is 2.39. The van der Waals surface area contributed by atoms with Crippen LogP contribution in [0.2, 0.25) is 4.34 Å². The first-order valence-corrected chi connectivity index (χ1v) is 8.28. The van der Waals surface area contributed by atoms with Crippen LogP contribution >= 0.6 is 22.9 Å². The maximum Gasteiger partial charge on any atom is 0.413 e. The Morgan fingerprint density at radius 3 is 2.59 bits per heavy atom. The van der Waals surface area contributed by atoms with Gasteiger partial charge in [-0.15, -0.1) is 11.3 Å². The Balaban J connectivity index is 1.78. The van der Waals surface area contributed by atoms with E-state index in [9.17, 15) is 9.59 Å². The number of imide groups is 1. The number of hydrogen-bond acceptors (Lipinski definition) is 6. The van der Waals surface area contributed by atoms with Crippen LogP contribution in [-0.4, -0.2) is 61.1 Å². The topological polar surface area (TPSA) is 61.9 Å². The fourth-order valence-corrected chi connectivity index (χ4v) is 3.52. The normalized spacial score (nSPS) is 18.0. The van der Waals surface area contributed by atoms with Gasteiger partial charge in [-0.1, -0.05) is 11.6 Å². The molecule has 2 amide bonds. The Morgan fingerprint density at radius 1 is 1.36 bits per heavy atom. The lowest BCUT2D eigenvalue weighted by atomic mass is 10.2. The van der Waals surface area contributed by atoms with Gasteiger partial charge < -0.3 is 4.74 Å². The van der Waals surface area contributed by atoms with Crippen molar-refractivity contribution in [3.8, 4) is 0 Å². The van der Waals surface area contributed by atoms with E-state index in [-0.39, 0.29) is 11.9 Å². The molecule has 0 radical (unpaired) electrons. The number of piperazine rings is 1. The molecular weight excluding hydrogens is 326 g/mol. The van der Waals surface area contributed by atoms with Crippen LogP contribution in [0.3, 0.4) is 0 Å². The van der Waals surface area contributed by atoms with Crippen molar-refractivity contribution in [3.63, 3.8) is 0 Å². The standard InChI is InChI=1S/C14H20ClN3O3S/c1-10(13(19)16-14(20)21-2)18-7-5-17(6-8-18)9-11-3-4-12(15)22-11/h3-4,10H,5-9H2,1-2H3,(H,16,19,20)/t10-/m1/s1. The highest BCUT2D eigenvalue weighted by Gasteiger charge is 2.26. The Morgan fingerprint density at radius 2 is 2.05 bits per heavy atom. The molecule has 0 saturated carbocycles. The zero-order valence-corrected chi connectivity index (χ0v) is 14.2. The van der Waals surface area contributed by atoms with E-state index in [0.717, 1.165) is 37.1 Å². The zero-order chi connectivity index (χ0) is 16.1. The van der Waals surface area contributed by atoms with Crippen LogP contribution < -0.4 is 5.32 Å². The second-order valence-corrected chi connectivity index (χ2v) is 6.97. The van der Waals surface area contributed by atoms with Gasteiger partial charge in [0, 0.05) is 37.6 Å². The highest BCUT2D eigenvalue weighted by molar-refractivity contribution is 7.16. The number of ether oxygens (including phenoxy) is 1. The van der Waals surface area contributed by atoms with Gasteiger partial charge in [0.15, 0.2) is 0 Å². The molecule has 1 aliphatic rings. The number of amides is 2. The molecule has 122 valence electrons. The molecule has 22 heavy (non-hydrogen) atoms. The van der Waals surface area contributed by atoms with Gasteiger partial charge in [0.2, 0.25) is 5.91 Å². The van der Waals surface area contributed by atoms with Crippen LogP contribution in [0.15, 0.2) is 12.1 Å². The highest BCUT2D eigenvalue weighted by Crippen LogP contribution is 2.23. The monoisotopic (exact) mass is 345 g/mol. The van der Waals surface area contributed by atoms with Gasteiger partial charge in [-0.3, -0.25) is 19.9 Å². The Labute approximate surface area is 139 Å². The van der Waals surface area contributed by atoms with Crippen LogP contribution in [0.25, 0.3) is 0 Å². The van der Waals surface area contributed by atoms with Crippen LogP contribution in [0.1, 0.15) is 11.8 Å². The van der Waals surface area contributed by atoms with E-state index in [1.165, 1.54) is 12.0 Å². The van der Waals surface area contributed by atoms with Gasteiger partial charge in [-0.05, 0) is 19.1 Å². The number of halogens is 1. The average Bonchev–Trinajstić information content (AvgIpc) is 2.92. The first kappa shape index (κ1) is 17.2. The van der Waals surface area contributed by atoms with Gasteiger partial charge in [0.05, 0.1) is 17.5 Å². The summed E-state index contributed by atoms with van der Waals surface area (Å²) < 4.78 is 5.24. The SMILES string of the molecule is COC(=O)NC(=O)[C@@H](C)N1CCN(Cc2ccc(Cl)s2)CC1. The lowest BCUT2D eigenvalue weighted by molar-refractivity contribution is -0.125. The lowest BCUT2D eigenvalue weighted by Gasteiger charge is -2.37. The van der Waals surface area contributed by atoms with Gasteiger partial charge in [-0.25, -0.2) is 4.79 Å². The van der Waals surface area contributed by atoms with Gasteiger partial charge in [0.1, 0.15) is 0 Å². The van der Waals surface area contributed by atoms with E-state index in [1.807, 2.05) is 12.1 Å². The van der Waals surface area contributed by atoms with Crippen molar-refractivity contribution >= 4 is 34.9 Å². The first-order valence-electron chi connectivity index (χ1n) is 7.09. The second kappa shape index (κ2) is 7.92. The summed E-state index contributed by atoms with van der Waals surface area (Å²) in [5.74, 6) is -0.328. The van der Waals surface area contributed by atoms with Gasteiger partial charge in [0.25, 0.3) is 0 Å². The molecule has 8 heteroatoms. The number of nitrogens with zero attached hydrogens (tertiary/aromatic N) is 2. The molecule has 1 fully saturated rings. The number of carbonyl (C=O) groups excluding carboxylic acids is 2. The van der Waals surface area contributed by atoms with Crippen molar-refractivity contribution in [2.75, 3.05) is 33.3 Å². The number of hydrogen-bond donors (Lipinski definition) is 1. The van der Waals surface area contributed by atoms with Crippen molar-refractivity contribution in [3.05, 3.63) is 21.3 Å². The minimum Gasteiger partial charge on any atom is -0.453 e. The minimum atomic E-state index is -0.718. The number of alkyl carbamates (subject to hydrolysis) is 1. The van der Waals surface area contributed by atoms with E-state index in [2.05, 4.69) is 19.9 Å². The molecule has 1 saturated heterocycles. The highest BCUT2D eigenvalue weighted by atomic mass is 35.5. The van der Waals surface area contributed by atoms with E-state index in [0.29, 0.717) is 0 Å². The molecular formula is C14H20ClN3O3S. The summed E-state index contributed by atoms with van der Waals surface area (Å²) in [7, 11) is 1.24. The van der Waals surface area contributed by atoms with Crippen LogP contribution in [0.5, 0.6) is 0 Å². The third-order valence-electron chi connectivity index (χ3n) is 3.75. The summed E-state index contributed by atoms with van der Waals surface area (Å²) in [4.78, 5) is 28.6. The molecule has 6 nitrogen and oxygen atoms in total. The molecule has 2 rings (SSSR count). The van der Waals surface area contributed by atoms with E-state index >= 15 is 0 Å². The van der Waals surface area contributed by atoms with E-state index < -0.39 is 6.09 Å². The van der Waals surface area contributed by atoms with Crippen LogP contribution in [0, 0.1) is 0 Å². The summed E-state index contributed by atoms with van der Waals surface area (Å²) in [5.41, 5.74) is 0. The van der Waals surface area contributed by atoms with Crippen molar-refractivity contribution in [1.29, 1.82) is 0 Å². The summed E-state index contributed by atoms with van der Waals surface area (Å²) >= 11 is 7.54. The van der Waals surface area contributed by atoms with E-state index in [1.54, 1.807) is 18.3 Å². The number of thiophene rings is 1. The molecule has 1 N–H and O–H groups in total. The Kier molecular flexibility index (Phi) is 6.19. The van der Waals surface area contributed by atoms with Crippen molar-refractivity contribution in [2.24, 2.45) is 0 Å². The fraction of sp³-hybridized carbons (Fsp3) is 0.571. The molecule has 0 aliphatic carbocycles. The molecule has 0 aromatic carbocycles. The van der Waals surface area contributed by atoms with Crippen LogP contribution in [-0.2, 0) is 16.1 Å². The minimum absolute atomic E-state index is 0.328. The molecule has 1 atom stereocenters. The zero-order valence-electron chi connectivity index (χ0n) is 12.7. The van der Waals surface area contributed by atoms with Crippen molar-refractivity contribution in [2.45, 2.75) is 19.5 Å². The smallest absolute Gasteiger partial charge is 0.413 e. The van der Waals surface area contributed by atoms with Gasteiger partial charge >= 0.3 is 6.09 Å². The predicted octanol–water partition coefficient (Wildman–Crippen LogP) is 1.79. The van der Waals surface area contributed by atoms with Crippen molar-refractivity contribution in [1.82, 2.24) is 15.1 Å². The number of rotatable bonds is 4. The maximum absolute atomic E-state index is 11.9. The second-order valence-electron chi connectivity index (χ2n) is 5.17. The number of nitrogens with one attached hydrogen (secondary N) is 1. The van der Waals surface area contributed by atoms with Gasteiger partial charge in [-0.2, -0.15) is 0 Å².